The Labute approximate surface area is 100 Å². The molecule has 0 fully saturated rings. The van der Waals surface area contributed by atoms with E-state index in [1.165, 1.54) is 5.56 Å². The Balaban J connectivity index is 1.82. The van der Waals surface area contributed by atoms with Gasteiger partial charge in [-0.25, -0.2) is 4.68 Å². The monoisotopic (exact) mass is 232 g/mol. The fourth-order valence-corrected chi connectivity index (χ4v) is 1.69. The topological polar surface area (TPSA) is 63.8 Å². The third-order valence-electron chi connectivity index (χ3n) is 2.70. The van der Waals surface area contributed by atoms with Crippen LogP contribution < -0.4 is 0 Å². The van der Waals surface area contributed by atoms with Crippen LogP contribution in [0.1, 0.15) is 17.8 Å². The molecular formula is C12H16N4O. The first kappa shape index (κ1) is 11.7. The zero-order valence-electron chi connectivity index (χ0n) is 9.82. The molecule has 2 aromatic rings. The first-order chi connectivity index (χ1) is 8.25. The lowest BCUT2D eigenvalue weighted by atomic mass is 10.1. The molecule has 0 aliphatic heterocycles. The SMILES string of the molecule is Cc1nnnn1C[C@@H](O)CCc1ccccc1. The van der Waals surface area contributed by atoms with Crippen molar-refractivity contribution in [2.75, 3.05) is 0 Å². The summed E-state index contributed by atoms with van der Waals surface area (Å²) in [5, 5.41) is 21.0. The minimum absolute atomic E-state index is 0.419. The highest BCUT2D eigenvalue weighted by atomic mass is 16.3. The molecular weight excluding hydrogens is 216 g/mol. The average molecular weight is 232 g/mol. The Kier molecular flexibility index (Phi) is 3.82. The molecule has 5 heteroatoms. The smallest absolute Gasteiger partial charge is 0.148 e. The van der Waals surface area contributed by atoms with E-state index < -0.39 is 6.10 Å². The van der Waals surface area contributed by atoms with Crippen LogP contribution in [0, 0.1) is 6.92 Å². The van der Waals surface area contributed by atoms with Crippen LogP contribution in [-0.2, 0) is 13.0 Å². The van der Waals surface area contributed by atoms with Crippen LogP contribution in [0.2, 0.25) is 0 Å². The van der Waals surface area contributed by atoms with Gasteiger partial charge < -0.3 is 5.11 Å². The lowest BCUT2D eigenvalue weighted by Crippen LogP contribution is -2.18. The number of hydrogen-bond donors (Lipinski definition) is 1. The molecule has 0 unspecified atom stereocenters. The number of nitrogens with zero attached hydrogens (tertiary/aromatic N) is 4. The third-order valence-corrected chi connectivity index (χ3v) is 2.70. The van der Waals surface area contributed by atoms with Gasteiger partial charge in [-0.1, -0.05) is 30.3 Å². The summed E-state index contributed by atoms with van der Waals surface area (Å²) in [5.74, 6) is 0.726. The molecule has 1 N–H and O–H groups in total. The van der Waals surface area contributed by atoms with Crippen molar-refractivity contribution in [3.63, 3.8) is 0 Å². The van der Waals surface area contributed by atoms with Crippen LogP contribution in [0.25, 0.3) is 0 Å². The summed E-state index contributed by atoms with van der Waals surface area (Å²) >= 11 is 0. The van der Waals surface area contributed by atoms with Gasteiger partial charge in [0, 0.05) is 0 Å². The molecule has 0 amide bonds. The number of rotatable bonds is 5. The molecule has 0 saturated heterocycles. The van der Waals surface area contributed by atoms with Crippen LogP contribution in [0.3, 0.4) is 0 Å². The Morgan fingerprint density at radius 3 is 2.71 bits per heavy atom. The lowest BCUT2D eigenvalue weighted by Gasteiger charge is -2.10. The number of aryl methyl sites for hydroxylation is 2. The zero-order valence-corrected chi connectivity index (χ0v) is 9.82. The van der Waals surface area contributed by atoms with Crippen molar-refractivity contribution in [2.45, 2.75) is 32.4 Å². The Morgan fingerprint density at radius 1 is 1.29 bits per heavy atom. The number of aliphatic hydroxyl groups is 1. The molecule has 1 aromatic carbocycles. The Bertz CT molecular complexity index is 455. The number of aliphatic hydroxyl groups excluding tert-OH is 1. The van der Waals surface area contributed by atoms with Gasteiger partial charge in [0.1, 0.15) is 5.82 Å². The van der Waals surface area contributed by atoms with E-state index in [4.69, 9.17) is 0 Å². The largest absolute Gasteiger partial charge is 0.391 e. The van der Waals surface area contributed by atoms with Crippen molar-refractivity contribution in [3.05, 3.63) is 41.7 Å². The summed E-state index contributed by atoms with van der Waals surface area (Å²) in [6.07, 6.45) is 1.16. The summed E-state index contributed by atoms with van der Waals surface area (Å²) in [6.45, 7) is 2.27. The molecule has 0 aliphatic rings. The number of benzene rings is 1. The van der Waals surface area contributed by atoms with Crippen LogP contribution >= 0.6 is 0 Å². The van der Waals surface area contributed by atoms with E-state index in [-0.39, 0.29) is 0 Å². The van der Waals surface area contributed by atoms with Gasteiger partial charge in [0.2, 0.25) is 0 Å². The second kappa shape index (κ2) is 5.54. The summed E-state index contributed by atoms with van der Waals surface area (Å²) in [5.41, 5.74) is 1.24. The van der Waals surface area contributed by atoms with Gasteiger partial charge in [-0.2, -0.15) is 0 Å². The molecule has 0 bridgehead atoms. The van der Waals surface area contributed by atoms with Crippen molar-refractivity contribution >= 4 is 0 Å². The lowest BCUT2D eigenvalue weighted by molar-refractivity contribution is 0.138. The van der Waals surface area contributed by atoms with Gasteiger partial charge in [0.15, 0.2) is 0 Å². The number of tetrazole rings is 1. The predicted octanol–water partition coefficient (Wildman–Crippen LogP) is 0.975. The molecule has 1 aromatic heterocycles. The molecule has 5 nitrogen and oxygen atoms in total. The standard InChI is InChI=1S/C12H16N4O/c1-10-13-14-15-16(10)9-12(17)8-7-11-5-3-2-4-6-11/h2-6,12,17H,7-9H2,1H3/t12-/m0/s1. The molecule has 1 heterocycles. The molecule has 1 atom stereocenters. The normalized spacial score (nSPS) is 12.6. The fraction of sp³-hybridized carbons (Fsp3) is 0.417. The van der Waals surface area contributed by atoms with Crippen molar-refractivity contribution in [1.82, 2.24) is 20.2 Å². The van der Waals surface area contributed by atoms with Crippen molar-refractivity contribution in [1.29, 1.82) is 0 Å². The van der Waals surface area contributed by atoms with E-state index in [0.717, 1.165) is 12.2 Å². The minimum atomic E-state index is -0.419. The average Bonchev–Trinajstić information content (AvgIpc) is 2.74. The van der Waals surface area contributed by atoms with Crippen LogP contribution in [0.5, 0.6) is 0 Å². The van der Waals surface area contributed by atoms with E-state index in [1.807, 2.05) is 25.1 Å². The van der Waals surface area contributed by atoms with Crippen LogP contribution in [-0.4, -0.2) is 31.4 Å². The zero-order chi connectivity index (χ0) is 12.1. The number of hydrogen-bond acceptors (Lipinski definition) is 4. The maximum atomic E-state index is 9.89. The third kappa shape index (κ3) is 3.35. The highest BCUT2D eigenvalue weighted by Crippen LogP contribution is 2.06. The second-order valence-electron chi connectivity index (χ2n) is 4.09. The first-order valence-corrected chi connectivity index (χ1v) is 5.70. The fourth-order valence-electron chi connectivity index (χ4n) is 1.69. The highest BCUT2D eigenvalue weighted by Gasteiger charge is 2.08. The van der Waals surface area contributed by atoms with E-state index in [0.29, 0.717) is 13.0 Å². The predicted molar refractivity (Wildman–Crippen MR) is 63.3 cm³/mol. The van der Waals surface area contributed by atoms with E-state index in [9.17, 15) is 5.11 Å². The molecule has 0 radical (unpaired) electrons. The summed E-state index contributed by atoms with van der Waals surface area (Å²) in [4.78, 5) is 0. The van der Waals surface area contributed by atoms with Crippen molar-refractivity contribution in [3.8, 4) is 0 Å². The van der Waals surface area contributed by atoms with Gasteiger partial charge >= 0.3 is 0 Å². The van der Waals surface area contributed by atoms with E-state index >= 15 is 0 Å². The Hall–Kier alpha value is -1.75. The minimum Gasteiger partial charge on any atom is -0.391 e. The molecule has 0 saturated carbocycles. The van der Waals surface area contributed by atoms with Gasteiger partial charge in [0.25, 0.3) is 0 Å². The summed E-state index contributed by atoms with van der Waals surface area (Å²) in [7, 11) is 0. The molecule has 0 aliphatic carbocycles. The highest BCUT2D eigenvalue weighted by molar-refractivity contribution is 5.14. The van der Waals surface area contributed by atoms with E-state index in [2.05, 4.69) is 27.7 Å². The van der Waals surface area contributed by atoms with Gasteiger partial charge in [0.05, 0.1) is 12.6 Å². The van der Waals surface area contributed by atoms with Gasteiger partial charge in [-0.05, 0) is 35.8 Å². The van der Waals surface area contributed by atoms with Gasteiger partial charge in [-0.15, -0.1) is 5.10 Å². The first-order valence-electron chi connectivity index (χ1n) is 5.70. The maximum Gasteiger partial charge on any atom is 0.148 e. The van der Waals surface area contributed by atoms with Crippen LogP contribution in [0.4, 0.5) is 0 Å². The number of aromatic nitrogens is 4. The van der Waals surface area contributed by atoms with Crippen molar-refractivity contribution in [2.24, 2.45) is 0 Å². The molecule has 90 valence electrons. The second-order valence-corrected chi connectivity index (χ2v) is 4.09. The van der Waals surface area contributed by atoms with Gasteiger partial charge in [-0.3, -0.25) is 0 Å². The quantitative estimate of drug-likeness (QED) is 0.834. The van der Waals surface area contributed by atoms with Crippen molar-refractivity contribution < 1.29 is 5.11 Å². The molecule has 17 heavy (non-hydrogen) atoms. The Morgan fingerprint density at radius 2 is 2.06 bits per heavy atom. The maximum absolute atomic E-state index is 9.89. The molecule has 2 rings (SSSR count). The summed E-state index contributed by atoms with van der Waals surface area (Å²) in [6, 6.07) is 10.1. The van der Waals surface area contributed by atoms with Crippen LogP contribution in [0.15, 0.2) is 30.3 Å². The summed E-state index contributed by atoms with van der Waals surface area (Å²) < 4.78 is 1.62. The molecule has 0 spiro atoms. The van der Waals surface area contributed by atoms with E-state index in [1.54, 1.807) is 4.68 Å².